The molecule has 19 heavy (non-hydrogen) atoms. The normalized spacial score (nSPS) is 32.2. The molecule has 0 spiro atoms. The van der Waals surface area contributed by atoms with Crippen molar-refractivity contribution < 1.29 is 4.74 Å². The molecule has 2 rings (SSSR count). The van der Waals surface area contributed by atoms with Gasteiger partial charge >= 0.3 is 0 Å². The number of rotatable bonds is 3. The van der Waals surface area contributed by atoms with Crippen LogP contribution in [0.4, 0.5) is 0 Å². The Morgan fingerprint density at radius 1 is 0.895 bits per heavy atom. The highest BCUT2D eigenvalue weighted by Gasteiger charge is 2.35. The smallest absolute Gasteiger partial charge is 0.0469 e. The van der Waals surface area contributed by atoms with Gasteiger partial charge in [-0.05, 0) is 68.7 Å². The van der Waals surface area contributed by atoms with E-state index in [0.717, 1.165) is 37.0 Å². The van der Waals surface area contributed by atoms with Crippen molar-refractivity contribution in [2.75, 3.05) is 20.3 Å². The third-order valence-electron chi connectivity index (χ3n) is 5.61. The topological polar surface area (TPSA) is 21.3 Å². The van der Waals surface area contributed by atoms with Crippen LogP contribution in [0.15, 0.2) is 0 Å². The minimum atomic E-state index is 0.499. The first-order chi connectivity index (χ1) is 9.02. The Morgan fingerprint density at radius 3 is 1.89 bits per heavy atom. The number of hydrogen-bond acceptors (Lipinski definition) is 2. The minimum absolute atomic E-state index is 0.499. The van der Waals surface area contributed by atoms with Gasteiger partial charge in [-0.25, -0.2) is 0 Å². The van der Waals surface area contributed by atoms with Crippen molar-refractivity contribution in [3.8, 4) is 0 Å². The number of hydrogen-bond donors (Lipinski definition) is 1. The summed E-state index contributed by atoms with van der Waals surface area (Å²) in [6.07, 6.45) is 8.20. The van der Waals surface area contributed by atoms with Crippen LogP contribution < -0.4 is 5.32 Å². The second kappa shape index (κ2) is 6.58. The molecule has 1 heterocycles. The third-order valence-corrected chi connectivity index (χ3v) is 5.61. The molecule has 1 saturated carbocycles. The molecule has 1 aliphatic carbocycles. The summed E-state index contributed by atoms with van der Waals surface area (Å²) >= 11 is 0. The Balaban J connectivity index is 1.87. The summed E-state index contributed by atoms with van der Waals surface area (Å²) in [7, 11) is 2.16. The van der Waals surface area contributed by atoms with Crippen LogP contribution in [0.5, 0.6) is 0 Å². The number of ether oxygens (including phenoxy) is 1. The van der Waals surface area contributed by atoms with Crippen LogP contribution in [0, 0.1) is 23.2 Å². The van der Waals surface area contributed by atoms with Gasteiger partial charge in [0.15, 0.2) is 0 Å². The monoisotopic (exact) mass is 267 g/mol. The molecule has 2 nitrogen and oxygen atoms in total. The summed E-state index contributed by atoms with van der Waals surface area (Å²) in [5.74, 6) is 2.66. The fourth-order valence-corrected chi connectivity index (χ4v) is 4.28. The molecule has 0 amide bonds. The van der Waals surface area contributed by atoms with Crippen LogP contribution in [-0.4, -0.2) is 26.3 Å². The molecular formula is C17H33NO. The quantitative estimate of drug-likeness (QED) is 0.838. The van der Waals surface area contributed by atoms with Gasteiger partial charge in [0, 0.05) is 19.3 Å². The Hall–Kier alpha value is -0.0800. The zero-order chi connectivity index (χ0) is 13.9. The van der Waals surface area contributed by atoms with Crippen molar-refractivity contribution in [1.82, 2.24) is 5.32 Å². The van der Waals surface area contributed by atoms with E-state index in [9.17, 15) is 0 Å². The van der Waals surface area contributed by atoms with E-state index in [1.165, 1.54) is 38.5 Å². The lowest BCUT2D eigenvalue weighted by Gasteiger charge is -2.42. The highest BCUT2D eigenvalue weighted by molar-refractivity contribution is 4.89. The van der Waals surface area contributed by atoms with E-state index in [1.807, 2.05) is 0 Å². The summed E-state index contributed by atoms with van der Waals surface area (Å²) in [5, 5.41) is 3.64. The molecule has 0 aromatic carbocycles. The van der Waals surface area contributed by atoms with Gasteiger partial charge < -0.3 is 10.1 Å². The Labute approximate surface area is 119 Å². The molecule has 2 fully saturated rings. The lowest BCUT2D eigenvalue weighted by atomic mass is 9.67. The minimum Gasteiger partial charge on any atom is -0.381 e. The average molecular weight is 267 g/mol. The van der Waals surface area contributed by atoms with Crippen molar-refractivity contribution in [2.24, 2.45) is 23.2 Å². The van der Waals surface area contributed by atoms with Gasteiger partial charge in [0.2, 0.25) is 0 Å². The van der Waals surface area contributed by atoms with Gasteiger partial charge in [0.05, 0.1) is 0 Å². The second-order valence-corrected chi connectivity index (χ2v) is 7.74. The number of nitrogens with one attached hydrogen (secondary N) is 1. The van der Waals surface area contributed by atoms with Crippen LogP contribution in [0.2, 0.25) is 0 Å². The maximum atomic E-state index is 5.52. The van der Waals surface area contributed by atoms with E-state index < -0.39 is 0 Å². The third kappa shape index (κ3) is 3.95. The lowest BCUT2D eigenvalue weighted by Crippen LogP contribution is -2.44. The molecule has 1 aliphatic heterocycles. The molecule has 0 bridgehead atoms. The lowest BCUT2D eigenvalue weighted by molar-refractivity contribution is 0.0358. The SMILES string of the molecule is CNC(C1CCOCC1)C1CCC(C(C)(C)C)CC1. The van der Waals surface area contributed by atoms with E-state index in [4.69, 9.17) is 4.74 Å². The van der Waals surface area contributed by atoms with Gasteiger partial charge in [-0.15, -0.1) is 0 Å². The Kier molecular flexibility index (Phi) is 5.30. The molecule has 1 N–H and O–H groups in total. The summed E-state index contributed by atoms with van der Waals surface area (Å²) in [5.41, 5.74) is 0.499. The van der Waals surface area contributed by atoms with E-state index in [0.29, 0.717) is 5.41 Å². The molecule has 1 saturated heterocycles. The maximum Gasteiger partial charge on any atom is 0.0469 e. The van der Waals surface area contributed by atoms with Crippen molar-refractivity contribution >= 4 is 0 Å². The maximum absolute atomic E-state index is 5.52. The van der Waals surface area contributed by atoms with Gasteiger partial charge in [-0.2, -0.15) is 0 Å². The van der Waals surface area contributed by atoms with Crippen LogP contribution in [0.3, 0.4) is 0 Å². The Bertz CT molecular complexity index is 257. The molecule has 0 aromatic heterocycles. The van der Waals surface area contributed by atoms with Crippen molar-refractivity contribution in [3.63, 3.8) is 0 Å². The molecule has 2 heteroatoms. The molecule has 1 unspecified atom stereocenters. The van der Waals surface area contributed by atoms with E-state index in [-0.39, 0.29) is 0 Å². The van der Waals surface area contributed by atoms with Crippen LogP contribution in [0.1, 0.15) is 59.3 Å². The molecule has 2 aliphatic rings. The van der Waals surface area contributed by atoms with Crippen molar-refractivity contribution in [2.45, 2.75) is 65.3 Å². The van der Waals surface area contributed by atoms with Crippen molar-refractivity contribution in [3.05, 3.63) is 0 Å². The molecule has 0 radical (unpaired) electrons. The summed E-state index contributed by atoms with van der Waals surface area (Å²) < 4.78 is 5.52. The van der Waals surface area contributed by atoms with E-state index in [1.54, 1.807) is 0 Å². The predicted molar refractivity (Wildman–Crippen MR) is 81.3 cm³/mol. The first kappa shape index (κ1) is 15.3. The van der Waals surface area contributed by atoms with Crippen molar-refractivity contribution in [1.29, 1.82) is 0 Å². The van der Waals surface area contributed by atoms with Crippen LogP contribution in [0.25, 0.3) is 0 Å². The van der Waals surface area contributed by atoms with E-state index >= 15 is 0 Å². The zero-order valence-electron chi connectivity index (χ0n) is 13.4. The second-order valence-electron chi connectivity index (χ2n) is 7.74. The first-order valence-electron chi connectivity index (χ1n) is 8.27. The predicted octanol–water partition coefficient (Wildman–Crippen LogP) is 3.85. The molecule has 112 valence electrons. The highest BCUT2D eigenvalue weighted by Crippen LogP contribution is 2.42. The van der Waals surface area contributed by atoms with Crippen LogP contribution in [-0.2, 0) is 4.74 Å². The molecule has 0 aromatic rings. The van der Waals surface area contributed by atoms with Gasteiger partial charge in [-0.3, -0.25) is 0 Å². The average Bonchev–Trinajstić information content (AvgIpc) is 2.40. The van der Waals surface area contributed by atoms with Gasteiger partial charge in [0.25, 0.3) is 0 Å². The standard InChI is InChI=1S/C17H33NO/c1-17(2,3)15-7-5-13(6-8-15)16(18-4)14-9-11-19-12-10-14/h13-16,18H,5-12H2,1-4H3. The van der Waals surface area contributed by atoms with Gasteiger partial charge in [-0.1, -0.05) is 20.8 Å². The molecule has 1 atom stereocenters. The molecular weight excluding hydrogens is 234 g/mol. The van der Waals surface area contributed by atoms with Crippen LogP contribution >= 0.6 is 0 Å². The van der Waals surface area contributed by atoms with Gasteiger partial charge in [0.1, 0.15) is 0 Å². The van der Waals surface area contributed by atoms with E-state index in [2.05, 4.69) is 33.1 Å². The highest BCUT2D eigenvalue weighted by atomic mass is 16.5. The summed E-state index contributed by atoms with van der Waals surface area (Å²) in [6, 6.07) is 0.727. The zero-order valence-corrected chi connectivity index (χ0v) is 13.4. The fraction of sp³-hybridized carbons (Fsp3) is 1.00. The first-order valence-corrected chi connectivity index (χ1v) is 8.27. The fourth-order valence-electron chi connectivity index (χ4n) is 4.28. The summed E-state index contributed by atoms with van der Waals surface area (Å²) in [6.45, 7) is 9.17. The Morgan fingerprint density at radius 2 is 1.42 bits per heavy atom. The summed E-state index contributed by atoms with van der Waals surface area (Å²) in [4.78, 5) is 0. The largest absolute Gasteiger partial charge is 0.381 e.